The van der Waals surface area contributed by atoms with Crippen molar-refractivity contribution in [1.82, 2.24) is 4.31 Å². The van der Waals surface area contributed by atoms with Crippen molar-refractivity contribution < 1.29 is 18.3 Å². The first-order chi connectivity index (χ1) is 10.0. The summed E-state index contributed by atoms with van der Waals surface area (Å²) in [7, 11) is -3.58. The fraction of sp³-hybridized carbons (Fsp3) is 0.500. The number of anilines is 1. The van der Waals surface area contributed by atoms with Gasteiger partial charge in [0, 0.05) is 26.1 Å². The molecule has 0 radical (unpaired) electrons. The molecule has 0 aromatic heterocycles. The van der Waals surface area contributed by atoms with E-state index in [9.17, 15) is 13.2 Å². The van der Waals surface area contributed by atoms with Gasteiger partial charge in [-0.15, -0.1) is 0 Å². The highest BCUT2D eigenvalue weighted by Crippen LogP contribution is 2.23. The minimum atomic E-state index is -3.58. The molecule has 0 unspecified atom stereocenters. The summed E-state index contributed by atoms with van der Waals surface area (Å²) < 4.78 is 28.2. The third-order valence-electron chi connectivity index (χ3n) is 3.47. The van der Waals surface area contributed by atoms with Gasteiger partial charge in [-0.3, -0.25) is 9.10 Å². The van der Waals surface area contributed by atoms with Crippen LogP contribution in [0.4, 0.5) is 5.69 Å². The van der Waals surface area contributed by atoms with Crippen LogP contribution in [0.1, 0.15) is 25.7 Å². The molecule has 1 aliphatic heterocycles. The highest BCUT2D eigenvalue weighted by Gasteiger charge is 2.31. The first kappa shape index (κ1) is 15.8. The highest BCUT2D eigenvalue weighted by atomic mass is 32.2. The third kappa shape index (κ3) is 3.95. The van der Waals surface area contributed by atoms with Crippen LogP contribution < -0.4 is 4.31 Å². The van der Waals surface area contributed by atoms with E-state index in [-0.39, 0.29) is 19.4 Å². The Morgan fingerprint density at radius 3 is 2.38 bits per heavy atom. The second-order valence-electron chi connectivity index (χ2n) is 5.02. The summed E-state index contributed by atoms with van der Waals surface area (Å²) in [6.45, 7) is 1.24. The molecular weight excluding hydrogens is 292 g/mol. The summed E-state index contributed by atoms with van der Waals surface area (Å²) in [5.41, 5.74) is 0.579. The van der Waals surface area contributed by atoms with Gasteiger partial charge in [0.2, 0.25) is 0 Å². The predicted octanol–water partition coefficient (Wildman–Crippen LogP) is 1.70. The summed E-state index contributed by atoms with van der Waals surface area (Å²) in [4.78, 5) is 10.6. The molecule has 0 amide bonds. The van der Waals surface area contributed by atoms with Crippen molar-refractivity contribution in [2.75, 3.05) is 23.9 Å². The number of aliphatic carboxylic acids is 1. The van der Waals surface area contributed by atoms with Gasteiger partial charge in [0.15, 0.2) is 0 Å². The van der Waals surface area contributed by atoms with E-state index in [2.05, 4.69) is 0 Å². The molecule has 0 aliphatic carbocycles. The molecule has 0 spiro atoms. The van der Waals surface area contributed by atoms with Crippen molar-refractivity contribution in [2.45, 2.75) is 25.7 Å². The van der Waals surface area contributed by atoms with Crippen LogP contribution in [-0.4, -0.2) is 43.4 Å². The second-order valence-corrected chi connectivity index (χ2v) is 6.87. The van der Waals surface area contributed by atoms with E-state index >= 15 is 0 Å². The van der Waals surface area contributed by atoms with E-state index in [0.29, 0.717) is 18.8 Å². The highest BCUT2D eigenvalue weighted by molar-refractivity contribution is 7.90. The van der Waals surface area contributed by atoms with Crippen LogP contribution in [0.25, 0.3) is 0 Å². The maximum atomic E-state index is 12.7. The van der Waals surface area contributed by atoms with Gasteiger partial charge in [-0.1, -0.05) is 18.2 Å². The summed E-state index contributed by atoms with van der Waals surface area (Å²) in [5, 5.41) is 8.73. The standard InChI is InChI=1S/C14H20N2O4S/c17-14(18)9-6-12-16(13-7-2-1-3-8-13)21(19,20)15-10-4-5-11-15/h1-3,7-8H,4-6,9-12H2,(H,17,18). The molecule has 1 heterocycles. The Kier molecular flexibility index (Phi) is 5.19. The zero-order valence-corrected chi connectivity index (χ0v) is 12.6. The lowest BCUT2D eigenvalue weighted by molar-refractivity contribution is -0.137. The number of carbonyl (C=O) groups is 1. The number of rotatable bonds is 7. The lowest BCUT2D eigenvalue weighted by atomic mass is 10.3. The van der Waals surface area contributed by atoms with Crippen molar-refractivity contribution in [3.05, 3.63) is 30.3 Å². The van der Waals surface area contributed by atoms with Crippen LogP contribution in [0.2, 0.25) is 0 Å². The van der Waals surface area contributed by atoms with Gasteiger partial charge < -0.3 is 5.11 Å². The number of hydrogen-bond acceptors (Lipinski definition) is 3. The first-order valence-electron chi connectivity index (χ1n) is 7.06. The second kappa shape index (κ2) is 6.91. The van der Waals surface area contributed by atoms with E-state index in [0.717, 1.165) is 12.8 Å². The number of hydrogen-bond donors (Lipinski definition) is 1. The molecule has 116 valence electrons. The lowest BCUT2D eigenvalue weighted by Gasteiger charge is -2.28. The van der Waals surface area contributed by atoms with Gasteiger partial charge in [0.1, 0.15) is 0 Å². The van der Waals surface area contributed by atoms with Gasteiger partial charge in [-0.05, 0) is 31.4 Å². The third-order valence-corrected chi connectivity index (χ3v) is 5.43. The van der Waals surface area contributed by atoms with Crippen LogP contribution >= 0.6 is 0 Å². The van der Waals surface area contributed by atoms with Crippen LogP contribution in [-0.2, 0) is 15.0 Å². The average molecular weight is 312 g/mol. The molecule has 2 rings (SSSR count). The van der Waals surface area contributed by atoms with Gasteiger partial charge in [-0.25, -0.2) is 0 Å². The molecule has 1 fully saturated rings. The topological polar surface area (TPSA) is 77.9 Å². The molecule has 21 heavy (non-hydrogen) atoms. The van der Waals surface area contributed by atoms with Crippen molar-refractivity contribution in [1.29, 1.82) is 0 Å². The van der Waals surface area contributed by atoms with Crippen molar-refractivity contribution in [3.63, 3.8) is 0 Å². The van der Waals surface area contributed by atoms with Crippen molar-refractivity contribution in [3.8, 4) is 0 Å². The maximum Gasteiger partial charge on any atom is 0.304 e. The Morgan fingerprint density at radius 1 is 1.19 bits per heavy atom. The maximum absolute atomic E-state index is 12.7. The predicted molar refractivity (Wildman–Crippen MR) is 80.4 cm³/mol. The van der Waals surface area contributed by atoms with E-state index in [1.807, 2.05) is 6.07 Å². The Balaban J connectivity index is 2.20. The molecule has 0 bridgehead atoms. The summed E-state index contributed by atoms with van der Waals surface area (Å²) in [6.07, 6.45) is 1.99. The van der Waals surface area contributed by atoms with Crippen molar-refractivity contribution >= 4 is 21.9 Å². The van der Waals surface area contributed by atoms with Crippen LogP contribution in [0.15, 0.2) is 30.3 Å². The number of carboxylic acids is 1. The van der Waals surface area contributed by atoms with E-state index in [1.54, 1.807) is 24.3 Å². The summed E-state index contributed by atoms with van der Waals surface area (Å²) >= 11 is 0. The smallest absolute Gasteiger partial charge is 0.304 e. The minimum absolute atomic E-state index is 0.0428. The zero-order valence-electron chi connectivity index (χ0n) is 11.8. The Labute approximate surface area is 125 Å². The van der Waals surface area contributed by atoms with E-state index in [4.69, 9.17) is 5.11 Å². The molecule has 1 aromatic carbocycles. The minimum Gasteiger partial charge on any atom is -0.481 e. The number of para-hydroxylation sites is 1. The summed E-state index contributed by atoms with van der Waals surface area (Å²) in [5.74, 6) is -0.915. The molecule has 1 aliphatic rings. The molecule has 7 heteroatoms. The van der Waals surface area contributed by atoms with Gasteiger partial charge >= 0.3 is 16.2 Å². The molecule has 1 saturated heterocycles. The molecule has 6 nitrogen and oxygen atoms in total. The lowest BCUT2D eigenvalue weighted by Crippen LogP contribution is -2.43. The van der Waals surface area contributed by atoms with E-state index < -0.39 is 16.2 Å². The van der Waals surface area contributed by atoms with Crippen LogP contribution in [0.5, 0.6) is 0 Å². The largest absolute Gasteiger partial charge is 0.481 e. The fourth-order valence-corrected chi connectivity index (χ4v) is 4.15. The van der Waals surface area contributed by atoms with E-state index in [1.165, 1.54) is 8.61 Å². The molecular formula is C14H20N2O4S. The number of benzene rings is 1. The Bertz CT molecular complexity index is 568. The first-order valence-corrected chi connectivity index (χ1v) is 8.46. The Hall–Kier alpha value is -1.60. The van der Waals surface area contributed by atoms with Gasteiger partial charge in [0.25, 0.3) is 0 Å². The van der Waals surface area contributed by atoms with Gasteiger partial charge in [0.05, 0.1) is 5.69 Å². The van der Waals surface area contributed by atoms with Crippen LogP contribution in [0, 0.1) is 0 Å². The molecule has 1 N–H and O–H groups in total. The quantitative estimate of drug-likeness (QED) is 0.831. The summed E-state index contributed by atoms with van der Waals surface area (Å²) in [6, 6.07) is 8.84. The van der Waals surface area contributed by atoms with Crippen LogP contribution in [0.3, 0.4) is 0 Å². The SMILES string of the molecule is O=C(O)CCCN(c1ccccc1)S(=O)(=O)N1CCCC1. The van der Waals surface area contributed by atoms with Crippen molar-refractivity contribution in [2.24, 2.45) is 0 Å². The fourth-order valence-electron chi connectivity index (χ4n) is 2.40. The average Bonchev–Trinajstić information content (AvgIpc) is 2.99. The zero-order chi connectivity index (χ0) is 15.3. The molecule has 0 atom stereocenters. The molecule has 1 aromatic rings. The number of nitrogens with zero attached hydrogens (tertiary/aromatic N) is 2. The Morgan fingerprint density at radius 2 is 1.81 bits per heavy atom. The monoisotopic (exact) mass is 312 g/mol. The molecule has 0 saturated carbocycles. The number of carboxylic acid groups (broad SMARTS) is 1. The normalized spacial score (nSPS) is 16.0. The van der Waals surface area contributed by atoms with Gasteiger partial charge in [-0.2, -0.15) is 12.7 Å².